The highest BCUT2D eigenvalue weighted by Gasteiger charge is 2.12. The Morgan fingerprint density at radius 3 is 2.68 bits per heavy atom. The van der Waals surface area contributed by atoms with Gasteiger partial charge in [-0.05, 0) is 24.5 Å². The van der Waals surface area contributed by atoms with Crippen LogP contribution in [0.15, 0.2) is 18.2 Å². The monoisotopic (exact) mass is 270 g/mol. The van der Waals surface area contributed by atoms with Crippen LogP contribution >= 0.6 is 0 Å². The molecule has 0 aliphatic rings. The van der Waals surface area contributed by atoms with Crippen molar-refractivity contribution >= 4 is 5.97 Å². The standard InChI is InChI=1S/C14H19FO4/c1-10(2)5-6-18-7-8-19-13-9-11(15)3-4-12(13)14(16)17/h3-4,9-10H,5-8H2,1-2H3,(H,16,17). The average Bonchev–Trinajstić information content (AvgIpc) is 2.33. The van der Waals surface area contributed by atoms with Gasteiger partial charge in [-0.2, -0.15) is 0 Å². The predicted octanol–water partition coefficient (Wildman–Crippen LogP) is 2.97. The summed E-state index contributed by atoms with van der Waals surface area (Å²) in [6, 6.07) is 3.35. The molecule has 1 aromatic rings. The molecule has 0 bridgehead atoms. The van der Waals surface area contributed by atoms with Crippen LogP contribution < -0.4 is 4.74 Å². The quantitative estimate of drug-likeness (QED) is 0.738. The summed E-state index contributed by atoms with van der Waals surface area (Å²) in [6.45, 7) is 5.39. The molecule has 1 aromatic carbocycles. The smallest absolute Gasteiger partial charge is 0.339 e. The third-order valence-corrected chi connectivity index (χ3v) is 2.50. The summed E-state index contributed by atoms with van der Waals surface area (Å²) < 4.78 is 23.6. The van der Waals surface area contributed by atoms with Gasteiger partial charge >= 0.3 is 5.97 Å². The number of carboxylic acid groups (broad SMARTS) is 1. The summed E-state index contributed by atoms with van der Waals surface area (Å²) in [6.07, 6.45) is 0.959. The Morgan fingerprint density at radius 1 is 1.32 bits per heavy atom. The van der Waals surface area contributed by atoms with Gasteiger partial charge in [0.15, 0.2) is 0 Å². The molecule has 0 radical (unpaired) electrons. The van der Waals surface area contributed by atoms with Gasteiger partial charge < -0.3 is 14.6 Å². The largest absolute Gasteiger partial charge is 0.490 e. The molecule has 0 aromatic heterocycles. The van der Waals surface area contributed by atoms with Gasteiger partial charge in [0.25, 0.3) is 0 Å². The van der Waals surface area contributed by atoms with E-state index in [4.69, 9.17) is 14.6 Å². The number of carbonyl (C=O) groups is 1. The molecule has 0 saturated carbocycles. The summed E-state index contributed by atoms with van der Waals surface area (Å²) in [5, 5.41) is 8.92. The first kappa shape index (κ1) is 15.4. The second kappa shape index (κ2) is 7.74. The molecule has 19 heavy (non-hydrogen) atoms. The van der Waals surface area contributed by atoms with Crippen molar-refractivity contribution in [3.05, 3.63) is 29.6 Å². The molecular formula is C14H19FO4. The first-order chi connectivity index (χ1) is 9.00. The topological polar surface area (TPSA) is 55.8 Å². The van der Waals surface area contributed by atoms with Crippen molar-refractivity contribution < 1.29 is 23.8 Å². The van der Waals surface area contributed by atoms with Crippen LogP contribution in [-0.4, -0.2) is 30.9 Å². The highest BCUT2D eigenvalue weighted by molar-refractivity contribution is 5.90. The van der Waals surface area contributed by atoms with Gasteiger partial charge in [-0.3, -0.25) is 0 Å². The summed E-state index contributed by atoms with van der Waals surface area (Å²) >= 11 is 0. The van der Waals surface area contributed by atoms with Gasteiger partial charge in [0.1, 0.15) is 23.7 Å². The molecule has 4 nitrogen and oxygen atoms in total. The summed E-state index contributed by atoms with van der Waals surface area (Å²) in [7, 11) is 0. The predicted molar refractivity (Wildman–Crippen MR) is 69.1 cm³/mol. The Bertz CT molecular complexity index is 418. The summed E-state index contributed by atoms with van der Waals surface area (Å²) in [4.78, 5) is 10.9. The Hall–Kier alpha value is -1.62. The van der Waals surface area contributed by atoms with E-state index in [2.05, 4.69) is 13.8 Å². The first-order valence-corrected chi connectivity index (χ1v) is 6.24. The van der Waals surface area contributed by atoms with Crippen molar-refractivity contribution in [1.29, 1.82) is 0 Å². The zero-order valence-electron chi connectivity index (χ0n) is 11.2. The Balaban J connectivity index is 2.40. The van der Waals surface area contributed by atoms with Crippen LogP contribution in [0.4, 0.5) is 4.39 Å². The Labute approximate surface area is 112 Å². The molecule has 5 heteroatoms. The van der Waals surface area contributed by atoms with Gasteiger partial charge in [0.2, 0.25) is 0 Å². The zero-order chi connectivity index (χ0) is 14.3. The van der Waals surface area contributed by atoms with Crippen molar-refractivity contribution in [2.24, 2.45) is 5.92 Å². The molecule has 0 aliphatic carbocycles. The lowest BCUT2D eigenvalue weighted by atomic mass is 10.1. The number of carboxylic acids is 1. The van der Waals surface area contributed by atoms with Crippen molar-refractivity contribution in [3.8, 4) is 5.75 Å². The number of aromatic carboxylic acids is 1. The molecular weight excluding hydrogens is 251 g/mol. The molecule has 0 unspecified atom stereocenters. The number of rotatable bonds is 8. The van der Waals surface area contributed by atoms with E-state index < -0.39 is 11.8 Å². The number of hydrogen-bond donors (Lipinski definition) is 1. The number of ether oxygens (including phenoxy) is 2. The fourth-order valence-electron chi connectivity index (χ4n) is 1.42. The van der Waals surface area contributed by atoms with Crippen LogP contribution in [0.5, 0.6) is 5.75 Å². The molecule has 0 heterocycles. The van der Waals surface area contributed by atoms with E-state index in [0.717, 1.165) is 18.6 Å². The van der Waals surface area contributed by atoms with E-state index in [1.807, 2.05) is 0 Å². The molecule has 1 rings (SSSR count). The van der Waals surface area contributed by atoms with E-state index in [0.29, 0.717) is 19.1 Å². The molecule has 0 amide bonds. The van der Waals surface area contributed by atoms with E-state index in [-0.39, 0.29) is 17.9 Å². The molecule has 106 valence electrons. The minimum Gasteiger partial charge on any atom is -0.490 e. The van der Waals surface area contributed by atoms with Gasteiger partial charge in [0, 0.05) is 12.7 Å². The van der Waals surface area contributed by atoms with Crippen molar-refractivity contribution in [1.82, 2.24) is 0 Å². The Kier molecular flexibility index (Phi) is 6.29. The normalized spacial score (nSPS) is 10.7. The van der Waals surface area contributed by atoms with Gasteiger partial charge in [-0.1, -0.05) is 13.8 Å². The van der Waals surface area contributed by atoms with Crippen LogP contribution in [0, 0.1) is 11.7 Å². The van der Waals surface area contributed by atoms with Gasteiger partial charge in [-0.25, -0.2) is 9.18 Å². The number of hydrogen-bond acceptors (Lipinski definition) is 3. The summed E-state index contributed by atoms with van der Waals surface area (Å²) in [5.41, 5.74) is -0.0522. The van der Waals surface area contributed by atoms with Gasteiger partial charge in [-0.15, -0.1) is 0 Å². The second-order valence-corrected chi connectivity index (χ2v) is 4.59. The minimum absolute atomic E-state index is 0.0277. The van der Waals surface area contributed by atoms with Crippen molar-refractivity contribution in [3.63, 3.8) is 0 Å². The third kappa shape index (κ3) is 5.70. The van der Waals surface area contributed by atoms with Crippen molar-refractivity contribution in [2.45, 2.75) is 20.3 Å². The van der Waals surface area contributed by atoms with Crippen LogP contribution in [-0.2, 0) is 4.74 Å². The maximum atomic E-state index is 13.0. The lowest BCUT2D eigenvalue weighted by molar-refractivity contribution is 0.0683. The average molecular weight is 270 g/mol. The molecule has 0 aliphatic heterocycles. The number of benzene rings is 1. The summed E-state index contributed by atoms with van der Waals surface area (Å²) in [5.74, 6) is -1.07. The maximum absolute atomic E-state index is 13.0. The lowest BCUT2D eigenvalue weighted by Gasteiger charge is -2.10. The fourth-order valence-corrected chi connectivity index (χ4v) is 1.42. The minimum atomic E-state index is -1.14. The highest BCUT2D eigenvalue weighted by atomic mass is 19.1. The lowest BCUT2D eigenvalue weighted by Crippen LogP contribution is -2.11. The molecule has 0 atom stereocenters. The van der Waals surface area contributed by atoms with E-state index >= 15 is 0 Å². The van der Waals surface area contributed by atoms with Crippen LogP contribution in [0.1, 0.15) is 30.6 Å². The molecule has 1 N–H and O–H groups in total. The highest BCUT2D eigenvalue weighted by Crippen LogP contribution is 2.19. The van der Waals surface area contributed by atoms with Crippen LogP contribution in [0.2, 0.25) is 0 Å². The van der Waals surface area contributed by atoms with Gasteiger partial charge in [0.05, 0.1) is 6.61 Å². The van der Waals surface area contributed by atoms with E-state index in [9.17, 15) is 9.18 Å². The zero-order valence-corrected chi connectivity index (χ0v) is 11.2. The van der Waals surface area contributed by atoms with Crippen LogP contribution in [0.25, 0.3) is 0 Å². The SMILES string of the molecule is CC(C)CCOCCOc1cc(F)ccc1C(=O)O. The molecule has 0 spiro atoms. The molecule has 0 fully saturated rings. The first-order valence-electron chi connectivity index (χ1n) is 6.24. The second-order valence-electron chi connectivity index (χ2n) is 4.59. The van der Waals surface area contributed by atoms with E-state index in [1.165, 1.54) is 6.07 Å². The Morgan fingerprint density at radius 2 is 2.05 bits per heavy atom. The molecule has 0 saturated heterocycles. The fraction of sp³-hybridized carbons (Fsp3) is 0.500. The number of halogens is 1. The van der Waals surface area contributed by atoms with Crippen LogP contribution in [0.3, 0.4) is 0 Å². The van der Waals surface area contributed by atoms with E-state index in [1.54, 1.807) is 0 Å². The van der Waals surface area contributed by atoms with Crippen molar-refractivity contribution in [2.75, 3.05) is 19.8 Å². The maximum Gasteiger partial charge on any atom is 0.339 e. The third-order valence-electron chi connectivity index (χ3n) is 2.50.